The second-order valence-electron chi connectivity index (χ2n) is 9.99. The lowest BCUT2D eigenvalue weighted by Crippen LogP contribution is -2.44. The molecule has 6 rings (SSSR count). The normalized spacial score (nSPS) is 14.1. The molecule has 0 saturated carbocycles. The van der Waals surface area contributed by atoms with Crippen molar-refractivity contribution in [3.63, 3.8) is 0 Å². The number of carbonyl (C=O) groups excluding carboxylic acids is 1. The monoisotopic (exact) mass is 558 g/mol. The van der Waals surface area contributed by atoms with Gasteiger partial charge in [0.2, 0.25) is 0 Å². The lowest BCUT2D eigenvalue weighted by Gasteiger charge is -2.31. The highest BCUT2D eigenvalue weighted by Gasteiger charge is 2.36. The number of anilines is 1. The number of nitrogens with zero attached hydrogens (tertiary/aromatic N) is 5. The van der Waals surface area contributed by atoms with Crippen molar-refractivity contribution in [3.05, 3.63) is 88.6 Å². The fourth-order valence-electron chi connectivity index (χ4n) is 5.19. The minimum Gasteiger partial charge on any atom is -0.368 e. The molecule has 41 heavy (non-hydrogen) atoms. The van der Waals surface area contributed by atoms with Crippen LogP contribution in [0.5, 0.6) is 0 Å². The highest BCUT2D eigenvalue weighted by atomic mass is 19.4. The Bertz CT molecular complexity index is 1840. The summed E-state index contributed by atoms with van der Waals surface area (Å²) in [5.74, 6) is -0.000698. The summed E-state index contributed by atoms with van der Waals surface area (Å²) in [5, 5.41) is 3.70. The zero-order valence-corrected chi connectivity index (χ0v) is 22.1. The molecule has 1 fully saturated rings. The van der Waals surface area contributed by atoms with Crippen LogP contribution in [0.15, 0.2) is 71.8 Å². The highest BCUT2D eigenvalue weighted by Crippen LogP contribution is 2.38. The Hall–Kier alpha value is -4.64. The molecule has 0 bridgehead atoms. The number of nitrogens with one attached hydrogen (secondary N) is 1. The second-order valence-corrected chi connectivity index (χ2v) is 9.99. The molecule has 1 N–H and O–H groups in total. The number of piperazine rings is 1. The van der Waals surface area contributed by atoms with Crippen LogP contribution >= 0.6 is 0 Å². The van der Waals surface area contributed by atoms with Gasteiger partial charge in [-0.3, -0.25) is 24.1 Å². The third-order valence-electron chi connectivity index (χ3n) is 7.12. The number of aromatic nitrogens is 4. The smallest absolute Gasteiger partial charge is 0.368 e. The lowest BCUT2D eigenvalue weighted by atomic mass is 10.1. The molecule has 0 unspecified atom stereocenters. The number of ketones is 1. The Kier molecular flexibility index (Phi) is 6.74. The predicted octanol–water partition coefficient (Wildman–Crippen LogP) is 4.56. The summed E-state index contributed by atoms with van der Waals surface area (Å²) in [6, 6.07) is 14.0. The minimum absolute atomic E-state index is 0.000698. The molecule has 1 aliphatic rings. The third kappa shape index (κ3) is 5.16. The molecule has 11 heteroatoms. The summed E-state index contributed by atoms with van der Waals surface area (Å²) >= 11 is 0. The Balaban J connectivity index is 1.54. The van der Waals surface area contributed by atoms with E-state index < -0.39 is 17.3 Å². The molecule has 8 nitrogen and oxygen atoms in total. The summed E-state index contributed by atoms with van der Waals surface area (Å²) in [4.78, 5) is 40.0. The predicted molar refractivity (Wildman–Crippen MR) is 150 cm³/mol. The van der Waals surface area contributed by atoms with Gasteiger partial charge in [-0.15, -0.1) is 0 Å². The van der Waals surface area contributed by atoms with Crippen LogP contribution in [0.1, 0.15) is 18.2 Å². The van der Waals surface area contributed by atoms with Crippen molar-refractivity contribution in [1.82, 2.24) is 24.8 Å². The van der Waals surface area contributed by atoms with Crippen molar-refractivity contribution >= 4 is 33.4 Å². The summed E-state index contributed by atoms with van der Waals surface area (Å²) in [6.45, 7) is 3.57. The molecular weight excluding hydrogens is 533 g/mol. The molecule has 1 saturated heterocycles. The largest absolute Gasteiger partial charge is 0.418 e. The average Bonchev–Trinajstić information content (AvgIpc) is 2.96. The van der Waals surface area contributed by atoms with E-state index in [0.717, 1.165) is 6.07 Å². The number of alkyl halides is 3. The number of hydrogen-bond acceptors (Lipinski definition) is 7. The summed E-state index contributed by atoms with van der Waals surface area (Å²) in [6.07, 6.45) is -1.21. The van der Waals surface area contributed by atoms with Crippen molar-refractivity contribution in [2.45, 2.75) is 19.5 Å². The Morgan fingerprint density at radius 2 is 1.78 bits per heavy atom. The van der Waals surface area contributed by atoms with Crippen LogP contribution in [0.4, 0.5) is 18.9 Å². The molecule has 0 aliphatic carbocycles. The van der Waals surface area contributed by atoms with Gasteiger partial charge >= 0.3 is 6.18 Å². The van der Waals surface area contributed by atoms with Gasteiger partial charge in [-0.05, 0) is 55.5 Å². The summed E-state index contributed by atoms with van der Waals surface area (Å²) in [5.41, 5.74) is 1.94. The summed E-state index contributed by atoms with van der Waals surface area (Å²) in [7, 11) is 0. The van der Waals surface area contributed by atoms with Gasteiger partial charge in [0.15, 0.2) is 0 Å². The van der Waals surface area contributed by atoms with E-state index >= 15 is 0 Å². The quantitative estimate of drug-likeness (QED) is 0.316. The van der Waals surface area contributed by atoms with Crippen molar-refractivity contribution in [1.29, 1.82) is 0 Å². The Labute approximate surface area is 232 Å². The fraction of sp³-hybridized carbons (Fsp3) is 0.233. The Morgan fingerprint density at radius 1 is 0.976 bits per heavy atom. The Morgan fingerprint density at radius 3 is 2.49 bits per heavy atom. The lowest BCUT2D eigenvalue weighted by molar-refractivity contribution is -0.137. The molecule has 208 valence electrons. The van der Waals surface area contributed by atoms with Crippen LogP contribution in [-0.2, 0) is 17.4 Å². The van der Waals surface area contributed by atoms with E-state index in [4.69, 9.17) is 4.98 Å². The molecule has 4 aromatic heterocycles. The minimum atomic E-state index is -4.62. The van der Waals surface area contributed by atoms with E-state index in [9.17, 15) is 22.8 Å². The van der Waals surface area contributed by atoms with E-state index in [1.54, 1.807) is 53.7 Å². The fourth-order valence-corrected chi connectivity index (χ4v) is 5.19. The number of benzene rings is 1. The molecule has 0 amide bonds. The van der Waals surface area contributed by atoms with E-state index in [1.165, 1.54) is 23.6 Å². The molecular formula is C30H25F3N6O2. The van der Waals surface area contributed by atoms with Crippen LogP contribution in [0.3, 0.4) is 0 Å². The number of pyridine rings is 4. The van der Waals surface area contributed by atoms with E-state index in [-0.39, 0.29) is 23.6 Å². The van der Waals surface area contributed by atoms with Gasteiger partial charge in [0.1, 0.15) is 11.3 Å². The van der Waals surface area contributed by atoms with Crippen LogP contribution in [0.25, 0.3) is 38.9 Å². The first kappa shape index (κ1) is 26.6. The van der Waals surface area contributed by atoms with Crippen molar-refractivity contribution < 1.29 is 18.0 Å². The number of halogens is 3. The van der Waals surface area contributed by atoms with Crippen molar-refractivity contribution in [2.75, 3.05) is 31.1 Å². The number of rotatable bonds is 5. The van der Waals surface area contributed by atoms with E-state index in [0.29, 0.717) is 65.1 Å². The zero-order chi connectivity index (χ0) is 28.7. The number of fused-ring (bicyclic) bond motifs is 3. The van der Waals surface area contributed by atoms with Crippen LogP contribution in [0, 0.1) is 0 Å². The van der Waals surface area contributed by atoms with Crippen LogP contribution < -0.4 is 15.8 Å². The molecule has 1 aliphatic heterocycles. The number of Topliss-reactive ketones (excluding diaryl/α,β-unsaturated/α-hetero) is 1. The topological polar surface area (TPSA) is 93.0 Å². The molecule has 0 radical (unpaired) electrons. The van der Waals surface area contributed by atoms with E-state index in [2.05, 4.69) is 15.3 Å². The van der Waals surface area contributed by atoms with Gasteiger partial charge < -0.3 is 10.2 Å². The maximum atomic E-state index is 14.3. The standard InChI is InChI=1S/C30H25F3N6O2/c1-18(40)14-21-4-2-19(16-35-21)24-6-7-25-28(37-24)29-20(17-36-25)3-9-27(41)39(29)22-5-8-26(23(15-22)30(31,32)33)38-12-10-34-11-13-38/h2-9,15-17,34H,10-14H2,1H3. The number of carbonyl (C=O) groups is 1. The second kappa shape index (κ2) is 10.4. The molecule has 0 spiro atoms. The molecule has 1 aromatic carbocycles. The molecule has 5 heterocycles. The van der Waals surface area contributed by atoms with Crippen LogP contribution in [0.2, 0.25) is 0 Å². The van der Waals surface area contributed by atoms with E-state index in [1.807, 2.05) is 0 Å². The van der Waals surface area contributed by atoms with Gasteiger partial charge in [-0.25, -0.2) is 4.98 Å². The summed E-state index contributed by atoms with van der Waals surface area (Å²) < 4.78 is 44.3. The highest BCUT2D eigenvalue weighted by molar-refractivity contribution is 6.02. The van der Waals surface area contributed by atoms with Gasteiger partial charge in [0.05, 0.1) is 28.0 Å². The number of hydrogen-bond donors (Lipinski definition) is 1. The first-order valence-corrected chi connectivity index (χ1v) is 13.1. The molecule has 5 aromatic rings. The first-order valence-electron chi connectivity index (χ1n) is 13.1. The van der Waals surface area contributed by atoms with Gasteiger partial charge in [-0.1, -0.05) is 0 Å². The molecule has 0 atom stereocenters. The first-order chi connectivity index (χ1) is 19.7. The van der Waals surface area contributed by atoms with Gasteiger partial charge in [0, 0.05) is 73.4 Å². The maximum Gasteiger partial charge on any atom is 0.418 e. The maximum absolute atomic E-state index is 14.3. The third-order valence-corrected chi connectivity index (χ3v) is 7.12. The van der Waals surface area contributed by atoms with Crippen molar-refractivity contribution in [2.24, 2.45) is 0 Å². The SMILES string of the molecule is CC(=O)Cc1ccc(-c2ccc3ncc4ccc(=O)n(-c5ccc(N6CCNCC6)c(C(F)(F)F)c5)c4c3n2)cn1. The van der Waals surface area contributed by atoms with Crippen LogP contribution in [-0.4, -0.2) is 51.5 Å². The zero-order valence-electron chi connectivity index (χ0n) is 22.1. The van der Waals surface area contributed by atoms with Crippen molar-refractivity contribution in [3.8, 4) is 16.9 Å². The van der Waals surface area contributed by atoms with Gasteiger partial charge in [-0.2, -0.15) is 13.2 Å². The average molecular weight is 559 g/mol. The van der Waals surface area contributed by atoms with Gasteiger partial charge in [0.25, 0.3) is 5.56 Å².